The van der Waals surface area contributed by atoms with Gasteiger partial charge in [0.25, 0.3) is 0 Å². The maximum absolute atomic E-state index is 8.81. The van der Waals surface area contributed by atoms with Crippen molar-refractivity contribution in [2.75, 3.05) is 0 Å². The van der Waals surface area contributed by atoms with Crippen LogP contribution in [0.2, 0.25) is 0 Å². The van der Waals surface area contributed by atoms with E-state index in [-0.39, 0.29) is 6.04 Å². The van der Waals surface area contributed by atoms with Gasteiger partial charge in [0.1, 0.15) is 0 Å². The van der Waals surface area contributed by atoms with Crippen molar-refractivity contribution in [3.63, 3.8) is 0 Å². The maximum Gasteiger partial charge on any atom is 0.0991 e. The van der Waals surface area contributed by atoms with Gasteiger partial charge in [0.05, 0.1) is 11.6 Å². The average Bonchev–Trinajstić information content (AvgIpc) is 2.53. The fraction of sp³-hybridized carbons (Fsp3) is 0.316. The largest absolute Gasteiger partial charge is 0.306 e. The van der Waals surface area contributed by atoms with Gasteiger partial charge in [0.2, 0.25) is 0 Å². The van der Waals surface area contributed by atoms with Crippen LogP contribution < -0.4 is 5.32 Å². The molecule has 0 aliphatic rings. The lowest BCUT2D eigenvalue weighted by Gasteiger charge is -2.15. The summed E-state index contributed by atoms with van der Waals surface area (Å²) in [6.45, 7) is 7.41. The minimum absolute atomic E-state index is 0.266. The van der Waals surface area contributed by atoms with E-state index in [9.17, 15) is 0 Å². The van der Waals surface area contributed by atoms with Gasteiger partial charge < -0.3 is 5.32 Å². The lowest BCUT2D eigenvalue weighted by atomic mass is 10.0. The van der Waals surface area contributed by atoms with Crippen molar-refractivity contribution in [3.05, 3.63) is 70.8 Å². The third kappa shape index (κ3) is 4.18. The first-order valence-corrected chi connectivity index (χ1v) is 7.42. The molecule has 0 heterocycles. The van der Waals surface area contributed by atoms with Gasteiger partial charge in [0, 0.05) is 12.6 Å². The van der Waals surface area contributed by atoms with Crippen molar-refractivity contribution < 1.29 is 0 Å². The SMILES string of the molecule is CC(C)c1ccc(CNC(C)c2ccc(C#N)cc2)cc1. The van der Waals surface area contributed by atoms with Crippen LogP contribution in [0.25, 0.3) is 0 Å². The van der Waals surface area contributed by atoms with Crippen molar-refractivity contribution >= 4 is 0 Å². The molecular formula is C19H22N2. The second-order valence-electron chi connectivity index (χ2n) is 5.73. The van der Waals surface area contributed by atoms with Crippen molar-refractivity contribution in [3.8, 4) is 6.07 Å². The second-order valence-corrected chi connectivity index (χ2v) is 5.73. The smallest absolute Gasteiger partial charge is 0.0991 e. The predicted molar refractivity (Wildman–Crippen MR) is 86.9 cm³/mol. The van der Waals surface area contributed by atoms with E-state index >= 15 is 0 Å². The molecule has 0 spiro atoms. The number of rotatable bonds is 5. The Kier molecular flexibility index (Phi) is 5.14. The highest BCUT2D eigenvalue weighted by Gasteiger charge is 2.05. The molecule has 2 heteroatoms. The summed E-state index contributed by atoms with van der Waals surface area (Å²) in [6, 6.07) is 18.9. The summed E-state index contributed by atoms with van der Waals surface area (Å²) in [7, 11) is 0. The number of benzene rings is 2. The summed E-state index contributed by atoms with van der Waals surface area (Å²) in [5.41, 5.74) is 4.57. The van der Waals surface area contributed by atoms with Crippen molar-refractivity contribution in [1.82, 2.24) is 5.32 Å². The number of nitrogens with zero attached hydrogens (tertiary/aromatic N) is 1. The highest BCUT2D eigenvalue weighted by molar-refractivity contribution is 5.32. The number of hydrogen-bond acceptors (Lipinski definition) is 2. The fourth-order valence-electron chi connectivity index (χ4n) is 2.26. The van der Waals surface area contributed by atoms with Crippen LogP contribution in [0.4, 0.5) is 0 Å². The molecule has 0 amide bonds. The highest BCUT2D eigenvalue weighted by atomic mass is 14.9. The Balaban J connectivity index is 1.93. The Morgan fingerprint density at radius 1 is 0.905 bits per heavy atom. The quantitative estimate of drug-likeness (QED) is 0.872. The lowest BCUT2D eigenvalue weighted by Crippen LogP contribution is -2.18. The highest BCUT2D eigenvalue weighted by Crippen LogP contribution is 2.16. The Morgan fingerprint density at radius 3 is 2.00 bits per heavy atom. The zero-order valence-corrected chi connectivity index (χ0v) is 12.9. The first-order valence-electron chi connectivity index (χ1n) is 7.42. The molecule has 108 valence electrons. The minimum atomic E-state index is 0.266. The molecule has 0 saturated heterocycles. The number of nitriles is 1. The molecule has 21 heavy (non-hydrogen) atoms. The number of hydrogen-bond donors (Lipinski definition) is 1. The molecule has 1 atom stereocenters. The zero-order valence-electron chi connectivity index (χ0n) is 12.9. The van der Waals surface area contributed by atoms with Gasteiger partial charge >= 0.3 is 0 Å². The lowest BCUT2D eigenvalue weighted by molar-refractivity contribution is 0.574. The fourth-order valence-corrected chi connectivity index (χ4v) is 2.26. The van der Waals surface area contributed by atoms with E-state index in [0.29, 0.717) is 11.5 Å². The average molecular weight is 278 g/mol. The zero-order chi connectivity index (χ0) is 15.2. The Labute approximate surface area is 127 Å². The summed E-state index contributed by atoms with van der Waals surface area (Å²) < 4.78 is 0. The van der Waals surface area contributed by atoms with Gasteiger partial charge in [-0.1, -0.05) is 50.2 Å². The topological polar surface area (TPSA) is 35.8 Å². The van der Waals surface area contributed by atoms with Crippen LogP contribution in [0.5, 0.6) is 0 Å². The third-order valence-electron chi connectivity index (χ3n) is 3.80. The van der Waals surface area contributed by atoms with Gasteiger partial charge in [-0.3, -0.25) is 0 Å². The molecule has 1 N–H and O–H groups in total. The van der Waals surface area contributed by atoms with Gasteiger partial charge in [-0.15, -0.1) is 0 Å². The molecule has 0 fully saturated rings. The molecule has 0 aromatic heterocycles. The van der Waals surface area contributed by atoms with Crippen LogP contribution in [0.15, 0.2) is 48.5 Å². The van der Waals surface area contributed by atoms with E-state index in [4.69, 9.17) is 5.26 Å². The number of nitrogens with one attached hydrogen (secondary N) is 1. The molecule has 0 radical (unpaired) electrons. The summed E-state index contributed by atoms with van der Waals surface area (Å²) in [5, 5.41) is 12.3. The minimum Gasteiger partial charge on any atom is -0.306 e. The first kappa shape index (κ1) is 15.3. The van der Waals surface area contributed by atoms with Crippen LogP contribution in [0.3, 0.4) is 0 Å². The van der Waals surface area contributed by atoms with Gasteiger partial charge in [-0.05, 0) is 41.7 Å². The van der Waals surface area contributed by atoms with Crippen molar-refractivity contribution in [1.29, 1.82) is 5.26 Å². The molecule has 1 unspecified atom stereocenters. The van der Waals surface area contributed by atoms with E-state index in [1.54, 1.807) is 0 Å². The third-order valence-corrected chi connectivity index (χ3v) is 3.80. The molecule has 2 nitrogen and oxygen atoms in total. The van der Waals surface area contributed by atoms with Crippen LogP contribution in [0, 0.1) is 11.3 Å². The second kappa shape index (κ2) is 7.06. The molecule has 0 aliphatic heterocycles. The molecule has 2 rings (SSSR count). The monoisotopic (exact) mass is 278 g/mol. The van der Waals surface area contributed by atoms with Crippen LogP contribution in [-0.4, -0.2) is 0 Å². The predicted octanol–water partition coefficient (Wildman–Crippen LogP) is 4.53. The molecule has 0 aliphatic carbocycles. The van der Waals surface area contributed by atoms with Gasteiger partial charge in [-0.2, -0.15) is 5.26 Å². The van der Waals surface area contributed by atoms with E-state index in [1.165, 1.54) is 16.7 Å². The Bertz CT molecular complexity index is 604. The maximum atomic E-state index is 8.81. The van der Waals surface area contributed by atoms with Gasteiger partial charge in [0.15, 0.2) is 0 Å². The molecule has 2 aromatic carbocycles. The van der Waals surface area contributed by atoms with Crippen molar-refractivity contribution in [2.24, 2.45) is 0 Å². The summed E-state index contributed by atoms with van der Waals surface area (Å²) >= 11 is 0. The van der Waals surface area contributed by atoms with Crippen LogP contribution in [0.1, 0.15) is 55.0 Å². The van der Waals surface area contributed by atoms with E-state index in [0.717, 1.165) is 6.54 Å². The normalized spacial score (nSPS) is 12.1. The van der Waals surface area contributed by atoms with Crippen molar-refractivity contribution in [2.45, 2.75) is 39.3 Å². The molecule has 2 aromatic rings. The Hall–Kier alpha value is -2.11. The van der Waals surface area contributed by atoms with E-state index < -0.39 is 0 Å². The molecular weight excluding hydrogens is 256 g/mol. The summed E-state index contributed by atoms with van der Waals surface area (Å²) in [4.78, 5) is 0. The summed E-state index contributed by atoms with van der Waals surface area (Å²) in [5.74, 6) is 0.574. The molecule has 0 bridgehead atoms. The molecule has 0 saturated carbocycles. The van der Waals surface area contributed by atoms with E-state index in [2.05, 4.69) is 56.4 Å². The van der Waals surface area contributed by atoms with Crippen LogP contribution >= 0.6 is 0 Å². The first-order chi connectivity index (χ1) is 10.1. The standard InChI is InChI=1S/C19H22N2/c1-14(2)18-8-6-17(7-9-18)13-21-15(3)19-10-4-16(12-20)5-11-19/h4-11,14-15,21H,13H2,1-3H3. The van der Waals surface area contributed by atoms with Crippen LogP contribution in [-0.2, 0) is 6.54 Å². The summed E-state index contributed by atoms with van der Waals surface area (Å²) in [6.07, 6.45) is 0. The Morgan fingerprint density at radius 2 is 1.48 bits per heavy atom. The van der Waals surface area contributed by atoms with E-state index in [1.807, 2.05) is 24.3 Å². The van der Waals surface area contributed by atoms with Gasteiger partial charge in [-0.25, -0.2) is 0 Å².